The third-order valence-electron chi connectivity index (χ3n) is 2.45. The van der Waals surface area contributed by atoms with Crippen molar-refractivity contribution in [3.8, 4) is 11.4 Å². The third kappa shape index (κ3) is 2.43. The van der Waals surface area contributed by atoms with Gasteiger partial charge in [0.15, 0.2) is 0 Å². The summed E-state index contributed by atoms with van der Waals surface area (Å²) in [5.74, 6) is 0.590. The van der Waals surface area contributed by atoms with E-state index in [-0.39, 0.29) is 0 Å². The number of hydrogen-bond acceptors (Lipinski definition) is 3. The summed E-state index contributed by atoms with van der Waals surface area (Å²) in [6, 6.07) is 7.98. The minimum atomic E-state index is 0.590. The Labute approximate surface area is 106 Å². The van der Waals surface area contributed by atoms with Crippen LogP contribution in [0.5, 0.6) is 0 Å². The molecule has 0 atom stereocenters. The average molecular weight is 238 g/mol. The van der Waals surface area contributed by atoms with Gasteiger partial charge >= 0.3 is 0 Å². The van der Waals surface area contributed by atoms with Crippen LogP contribution in [0.25, 0.3) is 17.1 Å². The molecule has 1 aromatic carbocycles. The van der Waals surface area contributed by atoms with Gasteiger partial charge < -0.3 is 0 Å². The van der Waals surface area contributed by atoms with Crippen LogP contribution in [0.1, 0.15) is 5.56 Å². The number of tetrazole rings is 1. The van der Waals surface area contributed by atoms with Crippen molar-refractivity contribution in [3.05, 3.63) is 61.2 Å². The Morgan fingerprint density at radius 3 is 2.56 bits per heavy atom. The van der Waals surface area contributed by atoms with Crippen LogP contribution in [-0.2, 0) is 0 Å². The standard InChI is InChI=1S/C14H14N4/c1-4-6-13(5-2)18-16-14(15-17-18)12-9-7-11(3)8-10-12/h4-10H,1-2H2,3H3/b13-6+. The Bertz CT molecular complexity index is 591. The van der Waals surface area contributed by atoms with Crippen LogP contribution >= 0.6 is 0 Å². The van der Waals surface area contributed by atoms with Crippen molar-refractivity contribution in [2.24, 2.45) is 0 Å². The SMILES string of the molecule is C=C/C=C(\C=C)n1nnc(-c2ccc(C)cc2)n1. The van der Waals surface area contributed by atoms with E-state index in [1.165, 1.54) is 10.4 Å². The van der Waals surface area contributed by atoms with Gasteiger partial charge in [0.2, 0.25) is 5.82 Å². The first-order chi connectivity index (χ1) is 8.74. The van der Waals surface area contributed by atoms with E-state index in [9.17, 15) is 0 Å². The fraction of sp³-hybridized carbons (Fsp3) is 0.0714. The maximum Gasteiger partial charge on any atom is 0.205 e. The molecule has 0 N–H and O–H groups in total. The summed E-state index contributed by atoms with van der Waals surface area (Å²) in [7, 11) is 0. The molecule has 0 bridgehead atoms. The minimum absolute atomic E-state index is 0.590. The van der Waals surface area contributed by atoms with Gasteiger partial charge in [-0.1, -0.05) is 49.1 Å². The predicted octanol–water partition coefficient (Wildman–Crippen LogP) is 2.86. The molecule has 0 aliphatic carbocycles. The summed E-state index contributed by atoms with van der Waals surface area (Å²) in [4.78, 5) is 1.43. The fourth-order valence-corrected chi connectivity index (χ4v) is 1.48. The number of aromatic nitrogens is 4. The lowest BCUT2D eigenvalue weighted by atomic mass is 10.1. The number of benzene rings is 1. The van der Waals surface area contributed by atoms with E-state index >= 15 is 0 Å². The monoisotopic (exact) mass is 238 g/mol. The molecule has 0 aliphatic rings. The highest BCUT2D eigenvalue weighted by molar-refractivity contribution is 5.58. The first-order valence-corrected chi connectivity index (χ1v) is 5.57. The Morgan fingerprint density at radius 1 is 1.22 bits per heavy atom. The van der Waals surface area contributed by atoms with E-state index in [0.717, 1.165) is 11.3 Å². The van der Waals surface area contributed by atoms with Gasteiger partial charge in [-0.05, 0) is 24.3 Å². The first-order valence-electron chi connectivity index (χ1n) is 5.57. The highest BCUT2D eigenvalue weighted by Crippen LogP contribution is 2.15. The summed E-state index contributed by atoms with van der Waals surface area (Å²) < 4.78 is 0. The van der Waals surface area contributed by atoms with Crippen LogP contribution in [0.15, 0.2) is 55.7 Å². The van der Waals surface area contributed by atoms with Gasteiger partial charge in [-0.3, -0.25) is 0 Å². The largest absolute Gasteiger partial charge is 0.205 e. The third-order valence-corrected chi connectivity index (χ3v) is 2.45. The highest BCUT2D eigenvalue weighted by atomic mass is 15.6. The molecule has 0 fully saturated rings. The van der Waals surface area contributed by atoms with Gasteiger partial charge in [0.25, 0.3) is 0 Å². The van der Waals surface area contributed by atoms with E-state index < -0.39 is 0 Å². The molecule has 1 heterocycles. The van der Waals surface area contributed by atoms with Gasteiger partial charge in [-0.15, -0.1) is 15.0 Å². The van der Waals surface area contributed by atoms with Crippen LogP contribution in [0, 0.1) is 6.92 Å². The number of nitrogens with zero attached hydrogens (tertiary/aromatic N) is 4. The lowest BCUT2D eigenvalue weighted by Gasteiger charge is -1.97. The molecule has 90 valence electrons. The molecule has 0 amide bonds. The maximum absolute atomic E-state index is 4.31. The zero-order valence-electron chi connectivity index (χ0n) is 10.2. The van der Waals surface area contributed by atoms with Crippen molar-refractivity contribution >= 4 is 5.70 Å². The molecule has 0 aliphatic heterocycles. The van der Waals surface area contributed by atoms with E-state index in [2.05, 4.69) is 28.6 Å². The fourth-order valence-electron chi connectivity index (χ4n) is 1.48. The zero-order valence-corrected chi connectivity index (χ0v) is 10.2. The highest BCUT2D eigenvalue weighted by Gasteiger charge is 2.06. The average Bonchev–Trinajstić information content (AvgIpc) is 2.86. The molecule has 2 aromatic rings. The van der Waals surface area contributed by atoms with Gasteiger partial charge in [0.1, 0.15) is 0 Å². The molecule has 4 heteroatoms. The molecule has 1 aromatic heterocycles. The second kappa shape index (κ2) is 5.23. The summed E-state index contributed by atoms with van der Waals surface area (Å²) in [5, 5.41) is 12.3. The number of allylic oxidation sites excluding steroid dienone is 4. The molecule has 0 spiro atoms. The lowest BCUT2D eigenvalue weighted by Crippen LogP contribution is -1.99. The Balaban J connectivity index is 2.35. The van der Waals surface area contributed by atoms with Gasteiger partial charge in [0, 0.05) is 5.56 Å². The quantitative estimate of drug-likeness (QED) is 0.769. The first kappa shape index (κ1) is 12.0. The lowest BCUT2D eigenvalue weighted by molar-refractivity contribution is 0.742. The Hall–Kier alpha value is -2.49. The van der Waals surface area contributed by atoms with Crippen LogP contribution in [0.3, 0.4) is 0 Å². The van der Waals surface area contributed by atoms with E-state index in [0.29, 0.717) is 5.82 Å². The van der Waals surface area contributed by atoms with Crippen LogP contribution in [0.4, 0.5) is 0 Å². The van der Waals surface area contributed by atoms with Crippen molar-refractivity contribution in [2.45, 2.75) is 6.92 Å². The summed E-state index contributed by atoms with van der Waals surface area (Å²) in [6.07, 6.45) is 5.09. The molecule has 4 nitrogen and oxygen atoms in total. The normalized spacial score (nSPS) is 11.3. The zero-order chi connectivity index (χ0) is 13.0. The van der Waals surface area contributed by atoms with E-state index in [1.807, 2.05) is 31.2 Å². The van der Waals surface area contributed by atoms with Crippen molar-refractivity contribution in [1.29, 1.82) is 0 Å². The molecular weight excluding hydrogens is 224 g/mol. The van der Waals surface area contributed by atoms with Crippen LogP contribution in [0.2, 0.25) is 0 Å². The summed E-state index contributed by atoms with van der Waals surface area (Å²) in [5.41, 5.74) is 2.87. The summed E-state index contributed by atoms with van der Waals surface area (Å²) in [6.45, 7) is 9.38. The molecule has 18 heavy (non-hydrogen) atoms. The van der Waals surface area contributed by atoms with Crippen molar-refractivity contribution < 1.29 is 0 Å². The van der Waals surface area contributed by atoms with Crippen molar-refractivity contribution in [3.63, 3.8) is 0 Å². The minimum Gasteiger partial charge on any atom is -0.131 e. The number of rotatable bonds is 4. The molecule has 0 radical (unpaired) electrons. The Morgan fingerprint density at radius 2 is 1.94 bits per heavy atom. The van der Waals surface area contributed by atoms with Gasteiger partial charge in [-0.2, -0.15) is 0 Å². The van der Waals surface area contributed by atoms with Crippen molar-refractivity contribution in [2.75, 3.05) is 0 Å². The second-order valence-electron chi connectivity index (χ2n) is 3.80. The van der Waals surface area contributed by atoms with Crippen molar-refractivity contribution in [1.82, 2.24) is 20.2 Å². The second-order valence-corrected chi connectivity index (χ2v) is 3.80. The van der Waals surface area contributed by atoms with E-state index in [1.54, 1.807) is 18.2 Å². The van der Waals surface area contributed by atoms with E-state index in [4.69, 9.17) is 0 Å². The molecule has 0 saturated heterocycles. The molecule has 0 unspecified atom stereocenters. The number of aryl methyl sites for hydroxylation is 1. The topological polar surface area (TPSA) is 43.6 Å². The smallest absolute Gasteiger partial charge is 0.131 e. The Kier molecular flexibility index (Phi) is 3.48. The number of hydrogen-bond donors (Lipinski definition) is 0. The predicted molar refractivity (Wildman–Crippen MR) is 72.7 cm³/mol. The molecule has 2 rings (SSSR count). The maximum atomic E-state index is 4.31. The van der Waals surface area contributed by atoms with Gasteiger partial charge in [-0.25, -0.2) is 0 Å². The molecule has 0 saturated carbocycles. The summed E-state index contributed by atoms with van der Waals surface area (Å²) >= 11 is 0. The van der Waals surface area contributed by atoms with Crippen LogP contribution < -0.4 is 0 Å². The van der Waals surface area contributed by atoms with Gasteiger partial charge in [0.05, 0.1) is 5.70 Å². The van der Waals surface area contributed by atoms with Crippen LogP contribution in [-0.4, -0.2) is 20.2 Å². The molecular formula is C14H14N4.